The first-order valence-corrected chi connectivity index (χ1v) is 7.80. The Morgan fingerprint density at radius 3 is 2.96 bits per heavy atom. The lowest BCUT2D eigenvalue weighted by Gasteiger charge is -2.20. The highest BCUT2D eigenvalue weighted by Gasteiger charge is 2.22. The van der Waals surface area contributed by atoms with Gasteiger partial charge in [0.25, 0.3) is 5.91 Å². The number of likely N-dealkylation sites (N-methyl/N-ethyl adjacent to an activating group) is 1. The minimum atomic E-state index is -0.230. The Bertz CT molecular complexity index is 492. The summed E-state index contributed by atoms with van der Waals surface area (Å²) in [6.07, 6.45) is 3.89. The van der Waals surface area contributed by atoms with E-state index in [1.54, 1.807) is 12.1 Å². The lowest BCUT2D eigenvalue weighted by molar-refractivity contribution is 0.0926. The fourth-order valence-electron chi connectivity index (χ4n) is 2.64. The largest absolute Gasteiger partial charge is 0.459 e. The van der Waals surface area contributed by atoms with Gasteiger partial charge in [-0.2, -0.15) is 0 Å². The van der Waals surface area contributed by atoms with Gasteiger partial charge in [0, 0.05) is 19.1 Å². The maximum absolute atomic E-state index is 11.6. The fraction of sp³-hybridized carbons (Fsp3) is 0.600. The van der Waals surface area contributed by atoms with E-state index >= 15 is 0 Å². The second kappa shape index (κ2) is 10.5. The molecule has 2 heterocycles. The van der Waals surface area contributed by atoms with Crippen LogP contribution in [0.2, 0.25) is 0 Å². The predicted octanol–water partition coefficient (Wildman–Crippen LogP) is 1.02. The van der Waals surface area contributed by atoms with Crippen molar-refractivity contribution in [3.05, 3.63) is 24.2 Å². The number of carbonyl (C=O) groups excluding carboxylic acids is 1. The molecule has 1 aliphatic heterocycles. The molecule has 1 amide bonds. The normalized spacial score (nSPS) is 18.5. The number of halogens is 1. The van der Waals surface area contributed by atoms with Crippen LogP contribution in [0.4, 0.5) is 0 Å². The number of nitrogens with two attached hydrogens (primary N) is 1. The van der Waals surface area contributed by atoms with Crippen molar-refractivity contribution < 1.29 is 9.21 Å². The second-order valence-corrected chi connectivity index (χ2v) is 5.31. The summed E-state index contributed by atoms with van der Waals surface area (Å²) in [5.74, 6) is 0.504. The van der Waals surface area contributed by atoms with E-state index in [4.69, 9.17) is 10.2 Å². The summed E-state index contributed by atoms with van der Waals surface area (Å²) in [6, 6.07) is 3.81. The Morgan fingerprint density at radius 1 is 1.48 bits per heavy atom. The number of hydrogen-bond acceptors (Lipinski definition) is 4. The quantitative estimate of drug-likeness (QED) is 0.257. The molecule has 1 aliphatic rings. The molecule has 0 aliphatic carbocycles. The Balaban J connectivity index is 0.00000264. The molecule has 8 heteroatoms. The molecular formula is C15H26IN5O2. The Hall–Kier alpha value is -1.29. The van der Waals surface area contributed by atoms with Gasteiger partial charge in [0.05, 0.1) is 12.8 Å². The number of guanidine groups is 1. The first-order valence-electron chi connectivity index (χ1n) is 7.80. The van der Waals surface area contributed by atoms with Crippen molar-refractivity contribution in [1.29, 1.82) is 0 Å². The average Bonchev–Trinajstić information content (AvgIpc) is 3.19. The number of nitrogens with zero attached hydrogens (tertiary/aromatic N) is 2. The molecule has 1 fully saturated rings. The van der Waals surface area contributed by atoms with Gasteiger partial charge in [-0.1, -0.05) is 6.92 Å². The number of likely N-dealkylation sites (tertiary alicyclic amines) is 1. The molecule has 23 heavy (non-hydrogen) atoms. The van der Waals surface area contributed by atoms with E-state index in [1.807, 2.05) is 0 Å². The highest BCUT2D eigenvalue weighted by atomic mass is 127. The van der Waals surface area contributed by atoms with Crippen molar-refractivity contribution in [2.75, 3.05) is 32.7 Å². The van der Waals surface area contributed by atoms with Gasteiger partial charge in [0.15, 0.2) is 11.7 Å². The predicted molar refractivity (Wildman–Crippen MR) is 101 cm³/mol. The molecule has 1 aromatic heterocycles. The fourth-order valence-corrected chi connectivity index (χ4v) is 2.64. The van der Waals surface area contributed by atoms with E-state index in [9.17, 15) is 4.79 Å². The molecule has 1 atom stereocenters. The monoisotopic (exact) mass is 435 g/mol. The van der Waals surface area contributed by atoms with E-state index in [2.05, 4.69) is 27.4 Å². The van der Waals surface area contributed by atoms with Crippen LogP contribution in [0.25, 0.3) is 0 Å². The molecule has 7 nitrogen and oxygen atoms in total. The van der Waals surface area contributed by atoms with Crippen LogP contribution >= 0.6 is 24.0 Å². The standard InChI is InChI=1S/C15H25N5O2.HI/c1-2-20-9-3-5-12(20)11-19-15(16)18-8-7-17-14(21)13-6-4-10-22-13;/h4,6,10,12H,2-3,5,7-9,11H2,1H3,(H,17,21)(H3,16,18,19);1H. The third-order valence-corrected chi connectivity index (χ3v) is 3.84. The Morgan fingerprint density at radius 2 is 2.26 bits per heavy atom. The maximum Gasteiger partial charge on any atom is 0.287 e. The van der Waals surface area contributed by atoms with Crippen molar-refractivity contribution in [1.82, 2.24) is 15.5 Å². The van der Waals surface area contributed by atoms with E-state index in [0.717, 1.165) is 19.6 Å². The summed E-state index contributed by atoms with van der Waals surface area (Å²) >= 11 is 0. The molecule has 1 aromatic rings. The number of nitrogens with one attached hydrogen (secondary N) is 2. The van der Waals surface area contributed by atoms with Crippen LogP contribution in [0, 0.1) is 0 Å². The molecule has 1 unspecified atom stereocenters. The maximum atomic E-state index is 11.6. The van der Waals surface area contributed by atoms with Gasteiger partial charge in [0.2, 0.25) is 0 Å². The van der Waals surface area contributed by atoms with Crippen LogP contribution in [0.5, 0.6) is 0 Å². The molecule has 0 aromatic carbocycles. The minimum Gasteiger partial charge on any atom is -0.459 e. The van der Waals surface area contributed by atoms with Gasteiger partial charge < -0.3 is 20.8 Å². The van der Waals surface area contributed by atoms with Gasteiger partial charge >= 0.3 is 0 Å². The van der Waals surface area contributed by atoms with Gasteiger partial charge in [-0.05, 0) is 38.1 Å². The van der Waals surface area contributed by atoms with Gasteiger partial charge in [-0.25, -0.2) is 0 Å². The minimum absolute atomic E-state index is 0. The topological polar surface area (TPSA) is 95.9 Å². The zero-order valence-electron chi connectivity index (χ0n) is 13.5. The second-order valence-electron chi connectivity index (χ2n) is 5.31. The number of amides is 1. The summed E-state index contributed by atoms with van der Waals surface area (Å²) in [5, 5.41) is 5.74. The van der Waals surface area contributed by atoms with E-state index in [1.165, 1.54) is 19.1 Å². The SMILES string of the molecule is CCN1CCCC1CN=C(N)NCCNC(=O)c1ccco1.I. The van der Waals surface area contributed by atoms with Gasteiger partial charge in [-0.15, -0.1) is 24.0 Å². The Labute approximate surface area is 154 Å². The van der Waals surface area contributed by atoms with Gasteiger partial charge in [0.1, 0.15) is 0 Å². The zero-order valence-corrected chi connectivity index (χ0v) is 15.8. The van der Waals surface area contributed by atoms with Gasteiger partial charge in [-0.3, -0.25) is 14.7 Å². The van der Waals surface area contributed by atoms with Crippen molar-refractivity contribution in [3.63, 3.8) is 0 Å². The van der Waals surface area contributed by atoms with E-state index in [-0.39, 0.29) is 29.9 Å². The first-order chi connectivity index (χ1) is 10.7. The number of rotatable bonds is 7. The summed E-state index contributed by atoms with van der Waals surface area (Å²) in [4.78, 5) is 18.4. The third-order valence-electron chi connectivity index (χ3n) is 3.84. The van der Waals surface area contributed by atoms with Crippen LogP contribution < -0.4 is 16.4 Å². The smallest absolute Gasteiger partial charge is 0.287 e. The zero-order chi connectivity index (χ0) is 15.8. The molecule has 130 valence electrons. The van der Waals surface area contributed by atoms with Crippen molar-refractivity contribution >= 4 is 35.8 Å². The lowest BCUT2D eigenvalue weighted by atomic mass is 10.2. The summed E-state index contributed by atoms with van der Waals surface area (Å²) in [5.41, 5.74) is 5.84. The van der Waals surface area contributed by atoms with Crippen LogP contribution in [0.1, 0.15) is 30.3 Å². The van der Waals surface area contributed by atoms with Crippen molar-refractivity contribution in [2.24, 2.45) is 10.7 Å². The number of aliphatic imine (C=N–C) groups is 1. The van der Waals surface area contributed by atoms with Crippen molar-refractivity contribution in [3.8, 4) is 0 Å². The molecule has 0 spiro atoms. The molecule has 1 saturated heterocycles. The molecular weight excluding hydrogens is 409 g/mol. The molecule has 0 saturated carbocycles. The third kappa shape index (κ3) is 6.38. The van der Waals surface area contributed by atoms with Crippen LogP contribution in [0.15, 0.2) is 27.8 Å². The van der Waals surface area contributed by atoms with Crippen molar-refractivity contribution in [2.45, 2.75) is 25.8 Å². The first kappa shape index (κ1) is 19.8. The van der Waals surface area contributed by atoms with E-state index < -0.39 is 0 Å². The molecule has 4 N–H and O–H groups in total. The summed E-state index contributed by atoms with van der Waals surface area (Å²) in [6.45, 7) is 6.11. The average molecular weight is 435 g/mol. The van der Waals surface area contributed by atoms with Crippen LogP contribution in [0.3, 0.4) is 0 Å². The number of furan rings is 1. The van der Waals surface area contributed by atoms with Crippen LogP contribution in [-0.2, 0) is 0 Å². The van der Waals surface area contributed by atoms with Crippen LogP contribution in [-0.4, -0.2) is 55.5 Å². The summed E-state index contributed by atoms with van der Waals surface area (Å²) in [7, 11) is 0. The lowest BCUT2D eigenvalue weighted by Crippen LogP contribution is -2.39. The Kier molecular flexibility index (Phi) is 9.00. The molecule has 0 radical (unpaired) electrons. The highest BCUT2D eigenvalue weighted by molar-refractivity contribution is 14.0. The van der Waals surface area contributed by atoms with E-state index in [0.29, 0.717) is 30.9 Å². The summed E-state index contributed by atoms with van der Waals surface area (Å²) < 4.78 is 5.00. The number of carbonyl (C=O) groups is 1. The molecule has 2 rings (SSSR count). The molecule has 0 bridgehead atoms. The number of hydrogen-bond donors (Lipinski definition) is 3. The highest BCUT2D eigenvalue weighted by Crippen LogP contribution is 2.16.